The Hall–Kier alpha value is -3.82. The summed E-state index contributed by atoms with van der Waals surface area (Å²) in [6.07, 6.45) is 4.94. The number of hydrogen-bond donors (Lipinski definition) is 1. The molecule has 3 heterocycles. The van der Waals surface area contributed by atoms with Crippen LogP contribution in [-0.4, -0.2) is 43.7 Å². The first-order valence-electron chi connectivity index (χ1n) is 8.64. The lowest BCUT2D eigenvalue weighted by molar-refractivity contribution is -0.384. The Balaban J connectivity index is 1.38. The third-order valence-electron chi connectivity index (χ3n) is 4.63. The van der Waals surface area contributed by atoms with Crippen molar-refractivity contribution in [3.63, 3.8) is 0 Å². The third kappa shape index (κ3) is 3.39. The number of rotatable bonds is 5. The highest BCUT2D eigenvalue weighted by atomic mass is 16.6. The second-order valence-corrected chi connectivity index (χ2v) is 6.53. The monoisotopic (exact) mass is 379 g/mol. The Bertz CT molecular complexity index is 1030. The minimum atomic E-state index is -0.457. The zero-order valence-electron chi connectivity index (χ0n) is 15.0. The quantitative estimate of drug-likeness (QED) is 0.531. The van der Waals surface area contributed by atoms with Gasteiger partial charge in [0.2, 0.25) is 5.91 Å². The molecule has 1 amide bonds. The Morgan fingerprint density at radius 3 is 2.71 bits per heavy atom. The van der Waals surface area contributed by atoms with Crippen LogP contribution >= 0.6 is 0 Å². The molecule has 142 valence electrons. The van der Waals surface area contributed by atoms with Crippen molar-refractivity contribution in [2.45, 2.75) is 6.92 Å². The molecule has 28 heavy (non-hydrogen) atoms. The molecule has 0 radical (unpaired) electrons. The Kier molecular flexibility index (Phi) is 4.44. The number of aryl methyl sites for hydroxylation is 1. The molecule has 1 aliphatic heterocycles. The molecule has 1 saturated heterocycles. The van der Waals surface area contributed by atoms with Gasteiger partial charge in [0.25, 0.3) is 5.69 Å². The summed E-state index contributed by atoms with van der Waals surface area (Å²) >= 11 is 0. The number of nitrogens with zero attached hydrogens (tertiary/aromatic N) is 6. The van der Waals surface area contributed by atoms with E-state index in [0.29, 0.717) is 30.2 Å². The number of non-ortho nitro benzene ring substituents is 1. The van der Waals surface area contributed by atoms with Crippen LogP contribution in [0.2, 0.25) is 0 Å². The lowest BCUT2D eigenvalue weighted by Crippen LogP contribution is -2.52. The van der Waals surface area contributed by atoms with Gasteiger partial charge in [0.05, 0.1) is 10.8 Å². The zero-order valence-corrected chi connectivity index (χ0v) is 15.0. The first-order chi connectivity index (χ1) is 13.5. The van der Waals surface area contributed by atoms with E-state index in [2.05, 4.69) is 20.4 Å². The Labute approximate surface area is 160 Å². The maximum Gasteiger partial charge on any atom is 0.269 e. The van der Waals surface area contributed by atoms with Gasteiger partial charge >= 0.3 is 0 Å². The van der Waals surface area contributed by atoms with E-state index in [4.69, 9.17) is 0 Å². The van der Waals surface area contributed by atoms with E-state index in [1.54, 1.807) is 30.1 Å². The van der Waals surface area contributed by atoms with Crippen molar-refractivity contribution in [3.05, 3.63) is 64.7 Å². The van der Waals surface area contributed by atoms with E-state index in [0.717, 1.165) is 5.82 Å². The summed E-state index contributed by atoms with van der Waals surface area (Å²) in [5, 5.41) is 17.8. The molecule has 0 aliphatic carbocycles. The number of benzene rings is 1. The molecule has 3 aromatic rings. The van der Waals surface area contributed by atoms with Gasteiger partial charge in [0, 0.05) is 49.4 Å². The highest BCUT2D eigenvalue weighted by Crippen LogP contribution is 2.26. The van der Waals surface area contributed by atoms with Crippen LogP contribution in [0.25, 0.3) is 5.82 Å². The van der Waals surface area contributed by atoms with Gasteiger partial charge in [0.1, 0.15) is 12.1 Å². The molecule has 0 unspecified atom stereocenters. The van der Waals surface area contributed by atoms with E-state index < -0.39 is 4.92 Å². The van der Waals surface area contributed by atoms with Crippen LogP contribution in [0.1, 0.15) is 5.56 Å². The topological polar surface area (TPSA) is 119 Å². The van der Waals surface area contributed by atoms with Crippen LogP contribution < -0.4 is 10.2 Å². The predicted molar refractivity (Wildman–Crippen MR) is 101 cm³/mol. The summed E-state index contributed by atoms with van der Waals surface area (Å²) in [4.78, 5) is 33.3. The van der Waals surface area contributed by atoms with E-state index in [1.807, 2.05) is 17.0 Å². The molecule has 0 saturated carbocycles. The van der Waals surface area contributed by atoms with E-state index >= 15 is 0 Å². The van der Waals surface area contributed by atoms with Crippen molar-refractivity contribution in [2.24, 2.45) is 5.92 Å². The number of nitro groups is 1. The van der Waals surface area contributed by atoms with Gasteiger partial charge < -0.3 is 10.2 Å². The van der Waals surface area contributed by atoms with Crippen LogP contribution in [0.3, 0.4) is 0 Å². The van der Waals surface area contributed by atoms with E-state index in [9.17, 15) is 14.9 Å². The van der Waals surface area contributed by atoms with Crippen molar-refractivity contribution in [1.82, 2.24) is 19.7 Å². The number of anilines is 2. The second kappa shape index (κ2) is 7.06. The molecule has 0 spiro atoms. The average Bonchev–Trinajstić information content (AvgIpc) is 3.17. The van der Waals surface area contributed by atoms with Gasteiger partial charge in [-0.3, -0.25) is 14.9 Å². The standard InChI is InChI=1S/C18H17N7O3/c1-12-7-14(25(27)28)3-4-15(12)22-18(26)13-9-23(10-13)16-8-17(20-11-19-16)24-6-2-5-21-24/h2-8,11,13H,9-10H2,1H3,(H,22,26). The van der Waals surface area contributed by atoms with Gasteiger partial charge in [-0.1, -0.05) is 0 Å². The molecule has 10 nitrogen and oxygen atoms in total. The number of carbonyl (C=O) groups is 1. The van der Waals surface area contributed by atoms with Gasteiger partial charge in [-0.25, -0.2) is 14.6 Å². The van der Waals surface area contributed by atoms with Gasteiger partial charge in [0.15, 0.2) is 5.82 Å². The molecule has 4 rings (SSSR count). The number of aromatic nitrogens is 4. The van der Waals surface area contributed by atoms with Gasteiger partial charge in [-0.15, -0.1) is 0 Å². The Morgan fingerprint density at radius 1 is 1.25 bits per heavy atom. The van der Waals surface area contributed by atoms with Crippen molar-refractivity contribution in [2.75, 3.05) is 23.3 Å². The predicted octanol–water partition coefficient (Wildman–Crippen LogP) is 1.95. The SMILES string of the molecule is Cc1cc([N+](=O)[O-])ccc1NC(=O)C1CN(c2cc(-n3cccn3)ncn2)C1. The number of carbonyl (C=O) groups excluding carboxylic acids is 1. The molecule has 1 aromatic carbocycles. The molecule has 1 fully saturated rings. The molecular weight excluding hydrogens is 362 g/mol. The summed E-state index contributed by atoms with van der Waals surface area (Å²) in [5.41, 5.74) is 1.23. The lowest BCUT2D eigenvalue weighted by atomic mass is 9.99. The van der Waals surface area contributed by atoms with Gasteiger partial charge in [-0.2, -0.15) is 5.10 Å². The summed E-state index contributed by atoms with van der Waals surface area (Å²) in [5.74, 6) is 1.09. The molecular formula is C18H17N7O3. The number of amides is 1. The van der Waals surface area contributed by atoms with Crippen molar-refractivity contribution < 1.29 is 9.72 Å². The van der Waals surface area contributed by atoms with E-state index in [-0.39, 0.29) is 17.5 Å². The third-order valence-corrected chi connectivity index (χ3v) is 4.63. The fourth-order valence-electron chi connectivity index (χ4n) is 3.01. The van der Waals surface area contributed by atoms with E-state index in [1.165, 1.54) is 18.5 Å². The second-order valence-electron chi connectivity index (χ2n) is 6.53. The number of hydrogen-bond acceptors (Lipinski definition) is 7. The number of nitrogens with one attached hydrogen (secondary N) is 1. The molecule has 10 heteroatoms. The fraction of sp³-hybridized carbons (Fsp3) is 0.222. The highest BCUT2D eigenvalue weighted by molar-refractivity contribution is 5.95. The fourth-order valence-corrected chi connectivity index (χ4v) is 3.01. The van der Waals surface area contributed by atoms with Gasteiger partial charge in [-0.05, 0) is 24.6 Å². The summed E-state index contributed by atoms with van der Waals surface area (Å²) in [6, 6.07) is 8.02. The van der Waals surface area contributed by atoms with Crippen LogP contribution in [0.15, 0.2) is 49.1 Å². The minimum absolute atomic E-state index is 0.00191. The van der Waals surface area contributed by atoms with Crippen LogP contribution in [0, 0.1) is 23.0 Å². The lowest BCUT2D eigenvalue weighted by Gasteiger charge is -2.39. The van der Waals surface area contributed by atoms with Crippen molar-refractivity contribution in [1.29, 1.82) is 0 Å². The molecule has 0 atom stereocenters. The first kappa shape index (κ1) is 17.6. The largest absolute Gasteiger partial charge is 0.355 e. The maximum atomic E-state index is 12.5. The Morgan fingerprint density at radius 2 is 2.04 bits per heavy atom. The van der Waals surface area contributed by atoms with Crippen LogP contribution in [0.4, 0.5) is 17.2 Å². The summed E-state index contributed by atoms with van der Waals surface area (Å²) < 4.78 is 1.65. The average molecular weight is 379 g/mol. The normalized spacial score (nSPS) is 13.8. The summed E-state index contributed by atoms with van der Waals surface area (Å²) in [6.45, 7) is 2.80. The maximum absolute atomic E-state index is 12.5. The smallest absolute Gasteiger partial charge is 0.269 e. The van der Waals surface area contributed by atoms with Crippen LogP contribution in [-0.2, 0) is 4.79 Å². The molecule has 1 N–H and O–H groups in total. The van der Waals surface area contributed by atoms with Crippen molar-refractivity contribution >= 4 is 23.1 Å². The first-order valence-corrected chi connectivity index (χ1v) is 8.64. The van der Waals surface area contributed by atoms with Crippen molar-refractivity contribution in [3.8, 4) is 5.82 Å². The molecule has 1 aliphatic rings. The van der Waals surface area contributed by atoms with Crippen LogP contribution in [0.5, 0.6) is 0 Å². The minimum Gasteiger partial charge on any atom is -0.355 e. The molecule has 0 bridgehead atoms. The number of nitro benzene ring substituents is 1. The zero-order chi connectivity index (χ0) is 19.7. The molecule has 2 aromatic heterocycles. The summed E-state index contributed by atoms with van der Waals surface area (Å²) in [7, 11) is 0. The highest BCUT2D eigenvalue weighted by Gasteiger charge is 2.34.